The Kier molecular flexibility index (Phi) is 10.1. The van der Waals surface area contributed by atoms with E-state index in [1.54, 1.807) is 0 Å². The molecule has 0 saturated heterocycles. The number of ether oxygens (including phenoxy) is 2. The highest BCUT2D eigenvalue weighted by Crippen LogP contribution is 2.33. The Morgan fingerprint density at radius 1 is 1.00 bits per heavy atom. The van der Waals surface area contributed by atoms with E-state index in [0.29, 0.717) is 26.4 Å². The average molecular weight is 315 g/mol. The average Bonchev–Trinajstić information content (AvgIpc) is 2.27. The van der Waals surface area contributed by atoms with Crippen LogP contribution in [-0.2, 0) is 18.5 Å². The molecule has 0 bridgehead atoms. The van der Waals surface area contributed by atoms with Crippen LogP contribution in [0.5, 0.6) is 0 Å². The van der Waals surface area contributed by atoms with E-state index in [-0.39, 0.29) is 11.2 Å². The first kappa shape index (κ1) is 19.2. The molecule has 0 aliphatic heterocycles. The molecule has 0 spiro atoms. The van der Waals surface area contributed by atoms with Gasteiger partial charge < -0.3 is 9.47 Å². The molecule has 0 amide bonds. The molecule has 4 nitrogen and oxygen atoms in total. The van der Waals surface area contributed by atoms with Crippen LogP contribution in [0.1, 0.15) is 46.5 Å². The summed E-state index contributed by atoms with van der Waals surface area (Å²) in [6.45, 7) is 8.14. The van der Waals surface area contributed by atoms with Crippen LogP contribution in [0, 0.1) is 5.41 Å². The van der Waals surface area contributed by atoms with Gasteiger partial charge in [0, 0.05) is 22.7 Å². The maximum absolute atomic E-state index is 11.4. The molecule has 0 unspecified atom stereocenters. The van der Waals surface area contributed by atoms with E-state index in [4.69, 9.17) is 20.2 Å². The third kappa shape index (κ3) is 9.66. The highest BCUT2D eigenvalue weighted by Gasteiger charge is 2.33. The van der Waals surface area contributed by atoms with E-state index in [9.17, 15) is 8.42 Å². The van der Waals surface area contributed by atoms with Gasteiger partial charge in [0.1, 0.15) is 0 Å². The van der Waals surface area contributed by atoms with E-state index in [1.807, 2.05) is 20.8 Å². The van der Waals surface area contributed by atoms with Crippen molar-refractivity contribution in [2.45, 2.75) is 46.5 Å². The van der Waals surface area contributed by atoms with E-state index in [1.165, 1.54) is 0 Å². The number of rotatable bonds is 12. The highest BCUT2D eigenvalue weighted by atomic mass is 35.7. The third-order valence-corrected chi connectivity index (χ3v) is 4.31. The van der Waals surface area contributed by atoms with Crippen LogP contribution in [0.3, 0.4) is 0 Å². The lowest BCUT2D eigenvalue weighted by atomic mass is 9.82. The molecule has 0 N–H and O–H groups in total. The maximum Gasteiger partial charge on any atom is 0.233 e. The van der Waals surface area contributed by atoms with Gasteiger partial charge in [0.15, 0.2) is 0 Å². The molecule has 0 aromatic heterocycles. The topological polar surface area (TPSA) is 52.6 Å². The van der Waals surface area contributed by atoms with Crippen LogP contribution in [0.4, 0.5) is 0 Å². The molecule has 0 atom stereocenters. The standard InChI is InChI=1S/C13H27ClO4S/c1-4-7-13(8-5-2,12-19(14,15)16)11-18-10-9-17-6-3/h4-12H2,1-3H3. The Hall–Kier alpha value is 0.160. The fraction of sp³-hybridized carbons (Fsp3) is 1.00. The van der Waals surface area contributed by atoms with Gasteiger partial charge in [-0.2, -0.15) is 0 Å². The summed E-state index contributed by atoms with van der Waals surface area (Å²) in [5, 5.41) is 0. The van der Waals surface area contributed by atoms with E-state index in [2.05, 4.69) is 0 Å². The van der Waals surface area contributed by atoms with Crippen LogP contribution >= 0.6 is 10.7 Å². The molecule has 0 fully saturated rings. The summed E-state index contributed by atoms with van der Waals surface area (Å²) in [6, 6.07) is 0. The van der Waals surface area contributed by atoms with Gasteiger partial charge in [-0.05, 0) is 19.8 Å². The first-order valence-electron chi connectivity index (χ1n) is 6.97. The summed E-state index contributed by atoms with van der Waals surface area (Å²) in [4.78, 5) is 0. The quantitative estimate of drug-likeness (QED) is 0.410. The molecule has 0 saturated carbocycles. The van der Waals surface area contributed by atoms with Crippen LogP contribution < -0.4 is 0 Å². The van der Waals surface area contributed by atoms with Crippen molar-refractivity contribution in [3.8, 4) is 0 Å². The summed E-state index contributed by atoms with van der Waals surface area (Å²) in [6.07, 6.45) is 3.45. The van der Waals surface area contributed by atoms with Gasteiger partial charge >= 0.3 is 0 Å². The smallest absolute Gasteiger partial charge is 0.233 e. The number of halogens is 1. The van der Waals surface area contributed by atoms with Crippen LogP contribution in [0.2, 0.25) is 0 Å². The van der Waals surface area contributed by atoms with Crippen LogP contribution in [0.15, 0.2) is 0 Å². The zero-order valence-electron chi connectivity index (χ0n) is 12.3. The minimum absolute atomic E-state index is 0.0160. The van der Waals surface area contributed by atoms with Crippen LogP contribution in [-0.4, -0.2) is 40.6 Å². The summed E-state index contributed by atoms with van der Waals surface area (Å²) in [5.41, 5.74) is -0.365. The lowest BCUT2D eigenvalue weighted by molar-refractivity contribution is 0.00749. The van der Waals surface area contributed by atoms with Crippen LogP contribution in [0.25, 0.3) is 0 Å². The first-order chi connectivity index (χ1) is 8.89. The van der Waals surface area contributed by atoms with E-state index in [0.717, 1.165) is 25.7 Å². The zero-order chi connectivity index (χ0) is 14.8. The second-order valence-corrected chi connectivity index (χ2v) is 7.71. The predicted molar refractivity (Wildman–Crippen MR) is 79.2 cm³/mol. The van der Waals surface area contributed by atoms with Gasteiger partial charge in [0.2, 0.25) is 9.05 Å². The molecule has 0 aliphatic rings. The van der Waals surface area contributed by atoms with Gasteiger partial charge in [-0.1, -0.05) is 26.7 Å². The van der Waals surface area contributed by atoms with Crippen molar-refractivity contribution in [2.24, 2.45) is 5.41 Å². The number of hydrogen-bond donors (Lipinski definition) is 0. The minimum atomic E-state index is -3.51. The fourth-order valence-corrected chi connectivity index (χ4v) is 4.23. The number of hydrogen-bond acceptors (Lipinski definition) is 4. The molecule has 0 heterocycles. The molecular weight excluding hydrogens is 288 g/mol. The molecule has 19 heavy (non-hydrogen) atoms. The second kappa shape index (κ2) is 9.97. The molecule has 0 radical (unpaired) electrons. The lowest BCUT2D eigenvalue weighted by Crippen LogP contribution is -2.34. The minimum Gasteiger partial charge on any atom is -0.379 e. The van der Waals surface area contributed by atoms with Crippen molar-refractivity contribution in [1.29, 1.82) is 0 Å². The van der Waals surface area contributed by atoms with Gasteiger partial charge in [0.05, 0.1) is 25.6 Å². The van der Waals surface area contributed by atoms with Crippen molar-refractivity contribution in [1.82, 2.24) is 0 Å². The van der Waals surface area contributed by atoms with Crippen molar-refractivity contribution in [2.75, 3.05) is 32.2 Å². The first-order valence-corrected chi connectivity index (χ1v) is 9.44. The normalized spacial score (nSPS) is 12.8. The Morgan fingerprint density at radius 3 is 1.95 bits per heavy atom. The van der Waals surface area contributed by atoms with Gasteiger partial charge in [-0.25, -0.2) is 8.42 Å². The predicted octanol–water partition coefficient (Wildman–Crippen LogP) is 3.19. The molecule has 6 heteroatoms. The summed E-state index contributed by atoms with van der Waals surface area (Å²) >= 11 is 0. The van der Waals surface area contributed by atoms with E-state index < -0.39 is 9.05 Å². The fourth-order valence-electron chi connectivity index (χ4n) is 2.43. The summed E-state index contributed by atoms with van der Waals surface area (Å²) < 4.78 is 33.6. The maximum atomic E-state index is 11.4. The third-order valence-electron chi connectivity index (χ3n) is 3.02. The zero-order valence-corrected chi connectivity index (χ0v) is 13.9. The van der Waals surface area contributed by atoms with Gasteiger partial charge in [-0.3, -0.25) is 0 Å². The summed E-state index contributed by atoms with van der Waals surface area (Å²) in [7, 11) is 1.93. The SMILES string of the molecule is CCCC(CCC)(COCCOCC)CS(=O)(=O)Cl. The molecule has 0 aliphatic carbocycles. The Balaban J connectivity index is 4.52. The van der Waals surface area contributed by atoms with Crippen molar-refractivity contribution >= 4 is 19.7 Å². The second-order valence-electron chi connectivity index (χ2n) is 4.93. The van der Waals surface area contributed by atoms with Gasteiger partial charge in [0.25, 0.3) is 0 Å². The molecule has 0 aromatic carbocycles. The largest absolute Gasteiger partial charge is 0.379 e. The molecular formula is C13H27ClO4S. The van der Waals surface area contributed by atoms with Gasteiger partial charge in [-0.15, -0.1) is 0 Å². The molecule has 0 aromatic rings. The molecule has 116 valence electrons. The monoisotopic (exact) mass is 314 g/mol. The Bertz CT molecular complexity index is 311. The summed E-state index contributed by atoms with van der Waals surface area (Å²) in [5.74, 6) is -0.0160. The Labute approximate surface area is 122 Å². The highest BCUT2D eigenvalue weighted by molar-refractivity contribution is 8.13. The van der Waals surface area contributed by atoms with Crippen molar-refractivity contribution in [3.05, 3.63) is 0 Å². The van der Waals surface area contributed by atoms with Crippen molar-refractivity contribution < 1.29 is 17.9 Å². The van der Waals surface area contributed by atoms with E-state index >= 15 is 0 Å². The Morgan fingerprint density at radius 2 is 1.53 bits per heavy atom. The van der Waals surface area contributed by atoms with Crippen molar-refractivity contribution in [3.63, 3.8) is 0 Å². The lowest BCUT2D eigenvalue weighted by Gasteiger charge is -2.32. The molecule has 0 rings (SSSR count).